The molecule has 0 aromatic carbocycles. The van der Waals surface area contributed by atoms with Crippen LogP contribution >= 0.6 is 0 Å². The van der Waals surface area contributed by atoms with E-state index < -0.39 is 0 Å². The molecular weight excluding hydrogens is 240 g/mol. The molecule has 19 heavy (non-hydrogen) atoms. The molecule has 1 fully saturated rings. The van der Waals surface area contributed by atoms with Gasteiger partial charge in [-0.2, -0.15) is 0 Å². The van der Waals surface area contributed by atoms with Crippen LogP contribution in [0.5, 0.6) is 0 Å². The van der Waals surface area contributed by atoms with Gasteiger partial charge in [-0.05, 0) is 26.7 Å². The highest BCUT2D eigenvalue weighted by Crippen LogP contribution is 2.26. The number of nitrogens with zero attached hydrogens (tertiary/aromatic N) is 3. The lowest BCUT2D eigenvalue weighted by Crippen LogP contribution is -2.58. The zero-order valence-electron chi connectivity index (χ0n) is 12.7. The average molecular weight is 264 g/mol. The molecule has 0 aliphatic carbocycles. The number of hydrazine groups is 2. The van der Waals surface area contributed by atoms with Crippen molar-refractivity contribution in [2.75, 3.05) is 13.6 Å². The van der Waals surface area contributed by atoms with Gasteiger partial charge in [-0.15, -0.1) is 5.53 Å². The second-order valence-electron chi connectivity index (χ2n) is 4.49. The van der Waals surface area contributed by atoms with Gasteiger partial charge >= 0.3 is 0 Å². The fraction of sp³-hybridized carbons (Fsp3) is 0.643. The Bertz CT molecular complexity index is 421. The number of carbonyl (C=O) groups excluding carboxylic acids is 1. The van der Waals surface area contributed by atoms with Gasteiger partial charge in [0.2, 0.25) is 0 Å². The Labute approximate surface area is 116 Å². The quantitative estimate of drug-likeness (QED) is 0.667. The topological polar surface area (TPSA) is 38.8 Å². The number of hydrogen-bond acceptors (Lipinski definition) is 4. The Balaban J connectivity index is 0.000000861. The minimum absolute atomic E-state index is 0.0528. The first-order valence-corrected chi connectivity index (χ1v) is 6.78. The summed E-state index contributed by atoms with van der Waals surface area (Å²) in [6.45, 7) is 10.5. The maximum Gasteiger partial charge on any atom is 0.299 e. The molecule has 1 amide bonds. The van der Waals surface area contributed by atoms with Crippen molar-refractivity contribution < 1.29 is 4.79 Å². The molecule has 1 saturated heterocycles. The third kappa shape index (κ3) is 3.02. The Morgan fingerprint density at radius 1 is 1.42 bits per heavy atom. The Morgan fingerprint density at radius 3 is 2.63 bits per heavy atom. The fourth-order valence-corrected chi connectivity index (χ4v) is 2.30. The van der Waals surface area contributed by atoms with E-state index in [1.807, 2.05) is 43.9 Å². The van der Waals surface area contributed by atoms with Crippen LogP contribution in [0.3, 0.4) is 0 Å². The van der Waals surface area contributed by atoms with Crippen LogP contribution in [0, 0.1) is 11.8 Å². The van der Waals surface area contributed by atoms with Crippen LogP contribution in [0.4, 0.5) is 0 Å². The van der Waals surface area contributed by atoms with E-state index in [-0.39, 0.29) is 18.0 Å². The number of carbonyl (C=O) groups is 1. The van der Waals surface area contributed by atoms with E-state index in [1.165, 1.54) is 0 Å². The molecule has 5 nitrogen and oxygen atoms in total. The van der Waals surface area contributed by atoms with Gasteiger partial charge in [-0.25, -0.2) is 0 Å². The van der Waals surface area contributed by atoms with Crippen LogP contribution in [-0.2, 0) is 4.79 Å². The Kier molecular flexibility index (Phi) is 5.25. The number of fused-ring (bicyclic) bond motifs is 1. The molecule has 0 aromatic heterocycles. The van der Waals surface area contributed by atoms with Crippen LogP contribution in [0.2, 0.25) is 0 Å². The van der Waals surface area contributed by atoms with Gasteiger partial charge in [0, 0.05) is 19.8 Å². The van der Waals surface area contributed by atoms with Crippen molar-refractivity contribution in [2.24, 2.45) is 0 Å². The van der Waals surface area contributed by atoms with E-state index in [1.54, 1.807) is 6.92 Å². The van der Waals surface area contributed by atoms with Crippen molar-refractivity contribution in [3.05, 3.63) is 11.9 Å². The van der Waals surface area contributed by atoms with Crippen molar-refractivity contribution in [1.29, 1.82) is 0 Å². The minimum Gasteiger partial charge on any atom is -0.321 e. The summed E-state index contributed by atoms with van der Waals surface area (Å²) in [4.78, 5) is 13.7. The number of piperazine rings is 1. The average Bonchev–Trinajstić information content (AvgIpc) is 2.79. The molecule has 1 N–H and O–H groups in total. The molecule has 106 valence electrons. The Hall–Kier alpha value is -1.67. The summed E-state index contributed by atoms with van der Waals surface area (Å²) in [5.41, 5.74) is 4.34. The molecule has 2 atom stereocenters. The smallest absolute Gasteiger partial charge is 0.299 e. The summed E-state index contributed by atoms with van der Waals surface area (Å²) in [5, 5.41) is 4.01. The SMILES string of the molecule is CC.CC#CC(=O)N1CC(C)N2NN(C)C=C2C1C. The predicted molar refractivity (Wildman–Crippen MR) is 76.3 cm³/mol. The normalized spacial score (nSPS) is 24.7. The summed E-state index contributed by atoms with van der Waals surface area (Å²) in [7, 11) is 1.95. The molecule has 2 heterocycles. The van der Waals surface area contributed by atoms with Crippen molar-refractivity contribution in [3.8, 4) is 11.8 Å². The van der Waals surface area contributed by atoms with Crippen LogP contribution in [0.25, 0.3) is 0 Å². The highest BCUT2D eigenvalue weighted by molar-refractivity contribution is 5.94. The molecule has 2 rings (SSSR count). The highest BCUT2D eigenvalue weighted by Gasteiger charge is 2.38. The molecule has 2 unspecified atom stereocenters. The number of hydrogen-bond donors (Lipinski definition) is 1. The molecule has 0 saturated carbocycles. The number of rotatable bonds is 0. The van der Waals surface area contributed by atoms with E-state index in [0.29, 0.717) is 6.54 Å². The Morgan fingerprint density at radius 2 is 2.05 bits per heavy atom. The van der Waals surface area contributed by atoms with Crippen molar-refractivity contribution in [1.82, 2.24) is 20.5 Å². The zero-order valence-corrected chi connectivity index (χ0v) is 12.7. The maximum atomic E-state index is 11.9. The molecule has 0 aromatic rings. The fourth-order valence-electron chi connectivity index (χ4n) is 2.30. The lowest BCUT2D eigenvalue weighted by molar-refractivity contribution is -0.129. The van der Waals surface area contributed by atoms with Crippen LogP contribution in [0.1, 0.15) is 34.6 Å². The molecule has 0 radical (unpaired) electrons. The van der Waals surface area contributed by atoms with E-state index in [9.17, 15) is 4.79 Å². The first-order valence-electron chi connectivity index (χ1n) is 6.78. The third-order valence-corrected chi connectivity index (χ3v) is 3.16. The van der Waals surface area contributed by atoms with Crippen molar-refractivity contribution >= 4 is 5.91 Å². The van der Waals surface area contributed by atoms with Crippen molar-refractivity contribution in [3.63, 3.8) is 0 Å². The van der Waals surface area contributed by atoms with E-state index in [4.69, 9.17) is 0 Å². The van der Waals surface area contributed by atoms with Crippen molar-refractivity contribution in [2.45, 2.75) is 46.7 Å². The maximum absolute atomic E-state index is 11.9. The van der Waals surface area contributed by atoms with Gasteiger partial charge in [0.15, 0.2) is 0 Å². The minimum atomic E-state index is -0.0954. The van der Waals surface area contributed by atoms with E-state index in [2.05, 4.69) is 29.3 Å². The standard InChI is InChI=1S/C12H18N4O.C2H6/c1-5-6-12(17)15-7-9(2)16-11(10(15)3)8-14(4)13-16;1-2/h8-10,13H,7H2,1-4H3;1-2H3. The van der Waals surface area contributed by atoms with Crippen LogP contribution in [-0.4, -0.2) is 46.5 Å². The first kappa shape index (κ1) is 15.4. The molecule has 5 heteroatoms. The van der Waals surface area contributed by atoms with Crippen LogP contribution < -0.4 is 5.53 Å². The lowest BCUT2D eigenvalue weighted by atomic mass is 10.1. The van der Waals surface area contributed by atoms with Gasteiger partial charge in [-0.3, -0.25) is 14.8 Å². The summed E-state index contributed by atoms with van der Waals surface area (Å²) < 4.78 is 0. The zero-order chi connectivity index (χ0) is 14.6. The molecule has 2 aliphatic heterocycles. The van der Waals surface area contributed by atoms with Gasteiger partial charge in [0.05, 0.1) is 17.8 Å². The first-order chi connectivity index (χ1) is 9.04. The largest absolute Gasteiger partial charge is 0.321 e. The van der Waals surface area contributed by atoms with Gasteiger partial charge in [0.25, 0.3) is 5.91 Å². The summed E-state index contributed by atoms with van der Waals surface area (Å²) in [5.74, 6) is 5.19. The van der Waals surface area contributed by atoms with Gasteiger partial charge in [0.1, 0.15) is 0 Å². The van der Waals surface area contributed by atoms with E-state index >= 15 is 0 Å². The molecular formula is C14H24N4O. The second kappa shape index (κ2) is 6.48. The summed E-state index contributed by atoms with van der Waals surface area (Å²) >= 11 is 0. The monoisotopic (exact) mass is 264 g/mol. The number of nitrogens with one attached hydrogen (secondary N) is 1. The molecule has 0 bridgehead atoms. The number of amides is 1. The van der Waals surface area contributed by atoms with E-state index in [0.717, 1.165) is 5.70 Å². The second-order valence-corrected chi connectivity index (χ2v) is 4.49. The predicted octanol–water partition coefficient (Wildman–Crippen LogP) is 1.16. The molecule has 2 aliphatic rings. The lowest BCUT2D eigenvalue weighted by Gasteiger charge is -2.43. The summed E-state index contributed by atoms with van der Waals surface area (Å²) in [6, 6.07) is 0.294. The van der Waals surface area contributed by atoms with Crippen LogP contribution in [0.15, 0.2) is 11.9 Å². The summed E-state index contributed by atoms with van der Waals surface area (Å²) in [6.07, 6.45) is 2.01. The van der Waals surface area contributed by atoms with Gasteiger partial charge in [-0.1, -0.05) is 19.8 Å². The van der Waals surface area contributed by atoms with Gasteiger partial charge < -0.3 is 4.90 Å². The third-order valence-electron chi connectivity index (χ3n) is 3.16. The molecule has 0 spiro atoms. The highest BCUT2D eigenvalue weighted by atomic mass is 16.2.